The highest BCUT2D eigenvalue weighted by molar-refractivity contribution is 6.42. The number of aromatic nitrogens is 2. The SMILES string of the molecule is CCN1C(=C/C=C/c2n(CC)c3cc(C(=O)Nc4ccccc4)ccc3[n+]2CC)N(CC)c2cc(Cl)c(Cl)cc21.[I-]. The summed E-state index contributed by atoms with van der Waals surface area (Å²) >= 11 is 12.7. The molecule has 0 aliphatic carbocycles. The van der Waals surface area contributed by atoms with Crippen LogP contribution in [0, 0.1) is 0 Å². The van der Waals surface area contributed by atoms with Crippen molar-refractivity contribution in [1.29, 1.82) is 0 Å². The second kappa shape index (κ2) is 13.3. The molecule has 0 saturated heterocycles. The number of hydrogen-bond donors (Lipinski definition) is 1. The number of nitrogens with zero attached hydrogens (tertiary/aromatic N) is 4. The van der Waals surface area contributed by atoms with Crippen LogP contribution in [-0.2, 0) is 13.1 Å². The summed E-state index contributed by atoms with van der Waals surface area (Å²) in [4.78, 5) is 17.5. The maximum atomic E-state index is 13.0. The third-order valence-electron chi connectivity index (χ3n) is 7.31. The fourth-order valence-electron chi connectivity index (χ4n) is 5.49. The predicted octanol–water partition coefficient (Wildman–Crippen LogP) is 4.75. The number of imidazole rings is 1. The fraction of sp³-hybridized carbons (Fsp3) is 0.250. The fourth-order valence-corrected chi connectivity index (χ4v) is 5.80. The van der Waals surface area contributed by atoms with Crippen LogP contribution in [0.3, 0.4) is 0 Å². The van der Waals surface area contributed by atoms with Crippen molar-refractivity contribution >= 4 is 63.3 Å². The van der Waals surface area contributed by atoms with E-state index in [1.54, 1.807) is 0 Å². The van der Waals surface area contributed by atoms with E-state index >= 15 is 0 Å². The van der Waals surface area contributed by atoms with Gasteiger partial charge in [0.25, 0.3) is 11.7 Å². The molecule has 41 heavy (non-hydrogen) atoms. The molecule has 1 aliphatic heterocycles. The Kier molecular flexibility index (Phi) is 10.0. The van der Waals surface area contributed by atoms with Gasteiger partial charge in [0, 0.05) is 36.5 Å². The topological polar surface area (TPSA) is 44.4 Å². The Hall–Kier alpha value is -3.01. The molecule has 2 heterocycles. The standard InChI is InChI=1S/C32H33Cl2N5O.HI/c1-5-36-26-18-17-22(32(40)35-23-13-10-9-11-14-23)19-27(26)37(6-2)30(36)15-12-16-31-38(7-3)28-20-24(33)25(34)21-29(28)39(31)8-4;/h9-21H,5-8H2,1-4H3;1H. The van der Waals surface area contributed by atoms with Crippen LogP contribution in [0.15, 0.2) is 78.6 Å². The van der Waals surface area contributed by atoms with Gasteiger partial charge in [0.15, 0.2) is 11.0 Å². The van der Waals surface area contributed by atoms with Gasteiger partial charge in [-0.25, -0.2) is 9.13 Å². The number of nitrogens with one attached hydrogen (secondary N) is 1. The van der Waals surface area contributed by atoms with Gasteiger partial charge in [0.2, 0.25) is 0 Å². The molecule has 0 spiro atoms. The lowest BCUT2D eigenvalue weighted by atomic mass is 10.1. The molecule has 0 saturated carbocycles. The Bertz CT molecular complexity index is 1590. The van der Waals surface area contributed by atoms with Crippen LogP contribution < -0.4 is 43.7 Å². The second-order valence-electron chi connectivity index (χ2n) is 9.50. The van der Waals surface area contributed by atoms with E-state index in [0.717, 1.165) is 65.9 Å². The van der Waals surface area contributed by atoms with E-state index in [-0.39, 0.29) is 29.9 Å². The highest BCUT2D eigenvalue weighted by atomic mass is 127. The maximum Gasteiger partial charge on any atom is 0.282 e. The van der Waals surface area contributed by atoms with Crippen molar-refractivity contribution in [3.05, 3.63) is 100 Å². The number of amides is 1. The first-order chi connectivity index (χ1) is 19.4. The van der Waals surface area contributed by atoms with Gasteiger partial charge in [-0.3, -0.25) is 4.79 Å². The van der Waals surface area contributed by atoms with E-state index in [1.807, 2.05) is 60.7 Å². The van der Waals surface area contributed by atoms with Crippen LogP contribution in [0.25, 0.3) is 17.1 Å². The van der Waals surface area contributed by atoms with Crippen molar-refractivity contribution in [2.24, 2.45) is 0 Å². The first kappa shape index (κ1) is 30.9. The molecule has 1 aromatic heterocycles. The molecule has 5 rings (SSSR count). The first-order valence-corrected chi connectivity index (χ1v) is 14.5. The van der Waals surface area contributed by atoms with Crippen LogP contribution >= 0.6 is 23.2 Å². The number of allylic oxidation sites excluding steroid dienone is 2. The normalized spacial score (nSPS) is 12.7. The Balaban J connectivity index is 0.00000387. The number of anilines is 3. The van der Waals surface area contributed by atoms with Crippen molar-refractivity contribution in [3.63, 3.8) is 0 Å². The molecule has 1 amide bonds. The minimum Gasteiger partial charge on any atom is -1.00 e. The van der Waals surface area contributed by atoms with Crippen molar-refractivity contribution < 1.29 is 33.3 Å². The molecule has 9 heteroatoms. The summed E-state index contributed by atoms with van der Waals surface area (Å²) in [7, 11) is 0. The lowest BCUT2D eigenvalue weighted by Gasteiger charge is -2.23. The third-order valence-corrected chi connectivity index (χ3v) is 8.03. The average molecular weight is 702 g/mol. The minimum absolute atomic E-state index is 0. The van der Waals surface area contributed by atoms with Crippen LogP contribution in [0.4, 0.5) is 17.1 Å². The van der Waals surface area contributed by atoms with Crippen molar-refractivity contribution in [3.8, 4) is 0 Å². The zero-order valence-corrected chi connectivity index (χ0v) is 27.3. The Morgan fingerprint density at radius 3 is 2.07 bits per heavy atom. The molecule has 0 radical (unpaired) electrons. The number of aryl methyl sites for hydroxylation is 2. The molecule has 1 aliphatic rings. The van der Waals surface area contributed by atoms with E-state index in [4.69, 9.17) is 23.2 Å². The lowest BCUT2D eigenvalue weighted by Crippen LogP contribution is -3.00. The second-order valence-corrected chi connectivity index (χ2v) is 10.3. The molecule has 0 atom stereocenters. The number of halogens is 3. The van der Waals surface area contributed by atoms with Crippen molar-refractivity contribution in [2.45, 2.75) is 40.8 Å². The monoisotopic (exact) mass is 701 g/mol. The molecule has 4 aromatic rings. The molecule has 0 unspecified atom stereocenters. The van der Waals surface area contributed by atoms with Gasteiger partial charge in [-0.1, -0.05) is 47.5 Å². The molecule has 214 valence electrons. The number of hydrogen-bond acceptors (Lipinski definition) is 3. The average Bonchev–Trinajstić information content (AvgIpc) is 3.43. The van der Waals surface area contributed by atoms with Crippen molar-refractivity contribution in [2.75, 3.05) is 28.2 Å². The molecule has 0 bridgehead atoms. The molecular weight excluding hydrogens is 668 g/mol. The molecule has 0 fully saturated rings. The number of carbonyl (C=O) groups excluding carboxylic acids is 1. The van der Waals surface area contributed by atoms with Gasteiger partial charge < -0.3 is 39.1 Å². The first-order valence-electron chi connectivity index (χ1n) is 13.8. The summed E-state index contributed by atoms with van der Waals surface area (Å²) in [5.74, 6) is 2.03. The summed E-state index contributed by atoms with van der Waals surface area (Å²) in [5, 5.41) is 4.10. The van der Waals surface area contributed by atoms with E-state index in [9.17, 15) is 4.79 Å². The number of fused-ring (bicyclic) bond motifs is 2. The molecule has 6 nitrogen and oxygen atoms in total. The summed E-state index contributed by atoms with van der Waals surface area (Å²) in [5.41, 5.74) is 5.65. The van der Waals surface area contributed by atoms with Crippen molar-refractivity contribution in [1.82, 2.24) is 4.57 Å². The summed E-state index contributed by atoms with van der Waals surface area (Å²) < 4.78 is 4.54. The van der Waals surface area contributed by atoms with E-state index in [0.29, 0.717) is 15.6 Å². The minimum atomic E-state index is -0.123. The number of rotatable bonds is 8. The quantitative estimate of drug-likeness (QED) is 0.213. The zero-order chi connectivity index (χ0) is 28.4. The summed E-state index contributed by atoms with van der Waals surface area (Å²) in [6, 6.07) is 19.3. The Morgan fingerprint density at radius 2 is 1.51 bits per heavy atom. The van der Waals surface area contributed by atoms with Gasteiger partial charge in [0.05, 0.1) is 34.5 Å². The van der Waals surface area contributed by atoms with Gasteiger partial charge >= 0.3 is 0 Å². The molecular formula is C32H34Cl2IN5O. The largest absolute Gasteiger partial charge is 1.00 e. The lowest BCUT2D eigenvalue weighted by molar-refractivity contribution is -0.670. The van der Waals surface area contributed by atoms with E-state index < -0.39 is 0 Å². The Labute approximate surface area is 268 Å². The van der Waals surface area contributed by atoms with E-state index in [2.05, 4.69) is 70.2 Å². The summed E-state index contributed by atoms with van der Waals surface area (Å²) in [6.45, 7) is 11.7. The Morgan fingerprint density at radius 1 is 0.878 bits per heavy atom. The van der Waals surface area contributed by atoms with Gasteiger partial charge in [0.1, 0.15) is 5.82 Å². The maximum absolute atomic E-state index is 13.0. The smallest absolute Gasteiger partial charge is 0.282 e. The third kappa shape index (κ3) is 5.85. The van der Waals surface area contributed by atoms with E-state index in [1.165, 1.54) is 0 Å². The van der Waals surface area contributed by atoms with Gasteiger partial charge in [-0.2, -0.15) is 0 Å². The van der Waals surface area contributed by atoms with Crippen LogP contribution in [-0.4, -0.2) is 23.6 Å². The highest BCUT2D eigenvalue weighted by Crippen LogP contribution is 2.45. The molecule has 1 N–H and O–H groups in total. The zero-order valence-electron chi connectivity index (χ0n) is 23.7. The number of benzene rings is 3. The predicted molar refractivity (Wildman–Crippen MR) is 167 cm³/mol. The number of carbonyl (C=O) groups is 1. The highest BCUT2D eigenvalue weighted by Gasteiger charge is 2.30. The van der Waals surface area contributed by atoms with Gasteiger partial charge in [-0.05, 0) is 70.2 Å². The van der Waals surface area contributed by atoms with Crippen LogP contribution in [0.5, 0.6) is 0 Å². The molecule has 3 aromatic carbocycles. The summed E-state index contributed by atoms with van der Waals surface area (Å²) in [6.07, 6.45) is 6.39. The van der Waals surface area contributed by atoms with Crippen LogP contribution in [0.2, 0.25) is 10.0 Å². The number of para-hydroxylation sites is 1. The van der Waals surface area contributed by atoms with Crippen LogP contribution in [0.1, 0.15) is 43.9 Å². The van der Waals surface area contributed by atoms with Gasteiger partial charge in [-0.15, -0.1) is 0 Å².